The third kappa shape index (κ3) is 2.77. The fraction of sp³-hybridized carbons (Fsp3) is 0.333. The summed E-state index contributed by atoms with van der Waals surface area (Å²) in [7, 11) is 0. The lowest BCUT2D eigenvalue weighted by atomic mass is 10.2. The van der Waals surface area contributed by atoms with Crippen molar-refractivity contribution in [1.82, 2.24) is 0 Å². The molecular formula is C12H13N3S. The second-order valence-corrected chi connectivity index (χ2v) is 4.82. The molecule has 0 fully saturated rings. The van der Waals surface area contributed by atoms with Crippen LogP contribution in [0.25, 0.3) is 0 Å². The van der Waals surface area contributed by atoms with Crippen molar-refractivity contribution in [2.75, 3.05) is 11.1 Å². The highest BCUT2D eigenvalue weighted by atomic mass is 32.2. The standard InChI is InChI=1S/C12H13N3S/c1-9-5-6-16-12(14-9)15-11-4-2-3-10(7-11)8-13/h2-4,7,9H,5-6H2,1H3,(H,14,15). The van der Waals surface area contributed by atoms with Crippen LogP contribution in [0.3, 0.4) is 0 Å². The van der Waals surface area contributed by atoms with Gasteiger partial charge in [0.05, 0.1) is 17.7 Å². The van der Waals surface area contributed by atoms with Crippen LogP contribution in [0.1, 0.15) is 18.9 Å². The van der Waals surface area contributed by atoms with E-state index in [1.165, 1.54) is 0 Å². The minimum atomic E-state index is 0.392. The first-order chi connectivity index (χ1) is 7.78. The Morgan fingerprint density at radius 1 is 1.56 bits per heavy atom. The largest absolute Gasteiger partial charge is 0.335 e. The van der Waals surface area contributed by atoms with Gasteiger partial charge >= 0.3 is 0 Å². The highest BCUT2D eigenvalue weighted by molar-refractivity contribution is 8.14. The van der Waals surface area contributed by atoms with E-state index in [2.05, 4.69) is 23.3 Å². The Morgan fingerprint density at radius 2 is 2.44 bits per heavy atom. The lowest BCUT2D eigenvalue weighted by Crippen LogP contribution is -2.17. The second kappa shape index (κ2) is 5.04. The van der Waals surface area contributed by atoms with Gasteiger partial charge in [-0.15, -0.1) is 0 Å². The maximum absolute atomic E-state index is 8.80. The van der Waals surface area contributed by atoms with E-state index in [-0.39, 0.29) is 0 Å². The monoisotopic (exact) mass is 231 g/mol. The molecular weight excluding hydrogens is 218 g/mol. The smallest absolute Gasteiger partial charge is 0.161 e. The van der Waals surface area contributed by atoms with Crippen LogP contribution in [0.15, 0.2) is 29.3 Å². The Kier molecular flexibility index (Phi) is 3.47. The highest BCUT2D eigenvalue weighted by Crippen LogP contribution is 2.19. The molecule has 0 aromatic heterocycles. The van der Waals surface area contributed by atoms with Gasteiger partial charge in [0.1, 0.15) is 0 Å². The molecule has 1 aromatic carbocycles. The summed E-state index contributed by atoms with van der Waals surface area (Å²) in [5, 5.41) is 13.0. The summed E-state index contributed by atoms with van der Waals surface area (Å²) in [6.07, 6.45) is 1.13. The summed E-state index contributed by atoms with van der Waals surface area (Å²) < 4.78 is 0. The molecule has 1 aliphatic heterocycles. The molecule has 0 spiro atoms. The van der Waals surface area contributed by atoms with Crippen molar-refractivity contribution in [2.45, 2.75) is 19.4 Å². The molecule has 2 rings (SSSR count). The van der Waals surface area contributed by atoms with Gasteiger partial charge in [0.2, 0.25) is 0 Å². The lowest BCUT2D eigenvalue weighted by molar-refractivity contribution is 0.720. The van der Waals surface area contributed by atoms with E-state index in [9.17, 15) is 0 Å². The van der Waals surface area contributed by atoms with Gasteiger partial charge in [-0.2, -0.15) is 5.26 Å². The Balaban J connectivity index is 2.12. The molecule has 4 heteroatoms. The lowest BCUT2D eigenvalue weighted by Gasteiger charge is -2.17. The van der Waals surface area contributed by atoms with Crippen molar-refractivity contribution < 1.29 is 0 Å². The fourth-order valence-electron chi connectivity index (χ4n) is 1.49. The highest BCUT2D eigenvalue weighted by Gasteiger charge is 2.11. The Morgan fingerprint density at radius 3 is 3.19 bits per heavy atom. The zero-order valence-electron chi connectivity index (χ0n) is 9.10. The molecule has 82 valence electrons. The molecule has 0 saturated carbocycles. The van der Waals surface area contributed by atoms with Gasteiger partial charge in [0.15, 0.2) is 5.17 Å². The maximum Gasteiger partial charge on any atom is 0.161 e. The van der Waals surface area contributed by atoms with Crippen LogP contribution in [0.4, 0.5) is 5.69 Å². The number of nitrogens with zero attached hydrogens (tertiary/aromatic N) is 2. The topological polar surface area (TPSA) is 48.2 Å². The maximum atomic E-state index is 8.80. The van der Waals surface area contributed by atoms with Gasteiger partial charge in [-0.1, -0.05) is 17.8 Å². The number of rotatable bonds is 1. The average Bonchev–Trinajstić information content (AvgIpc) is 2.29. The predicted molar refractivity (Wildman–Crippen MR) is 68.8 cm³/mol. The van der Waals surface area contributed by atoms with E-state index in [1.54, 1.807) is 17.8 Å². The number of nitriles is 1. The molecule has 1 heterocycles. The third-order valence-corrected chi connectivity index (χ3v) is 3.28. The summed E-state index contributed by atoms with van der Waals surface area (Å²) in [5.41, 5.74) is 1.60. The fourth-order valence-corrected chi connectivity index (χ4v) is 2.58. The first kappa shape index (κ1) is 11.0. The van der Waals surface area contributed by atoms with Crippen molar-refractivity contribution in [3.05, 3.63) is 29.8 Å². The zero-order chi connectivity index (χ0) is 11.4. The van der Waals surface area contributed by atoms with Crippen LogP contribution in [-0.4, -0.2) is 17.0 Å². The number of anilines is 1. The minimum Gasteiger partial charge on any atom is -0.335 e. The molecule has 0 bridgehead atoms. The first-order valence-corrected chi connectivity index (χ1v) is 6.24. The van der Waals surface area contributed by atoms with E-state index in [1.807, 2.05) is 18.2 Å². The number of thioether (sulfide) groups is 1. The first-order valence-electron chi connectivity index (χ1n) is 5.26. The van der Waals surface area contributed by atoms with Crippen LogP contribution >= 0.6 is 11.8 Å². The molecule has 1 N–H and O–H groups in total. The van der Waals surface area contributed by atoms with E-state index in [0.717, 1.165) is 23.0 Å². The van der Waals surface area contributed by atoms with E-state index >= 15 is 0 Å². The molecule has 0 saturated heterocycles. The van der Waals surface area contributed by atoms with E-state index in [4.69, 9.17) is 5.26 Å². The summed E-state index contributed by atoms with van der Waals surface area (Å²) in [5.74, 6) is 1.10. The number of nitrogens with one attached hydrogen (secondary N) is 1. The number of hydrogen-bond acceptors (Lipinski definition) is 4. The second-order valence-electron chi connectivity index (χ2n) is 3.74. The summed E-state index contributed by atoms with van der Waals surface area (Å²) in [4.78, 5) is 4.52. The molecule has 1 aromatic rings. The van der Waals surface area contributed by atoms with Gasteiger partial charge in [-0.3, -0.25) is 4.99 Å². The van der Waals surface area contributed by atoms with Crippen LogP contribution in [0, 0.1) is 11.3 Å². The molecule has 0 aliphatic carbocycles. The van der Waals surface area contributed by atoms with Crippen LogP contribution in [-0.2, 0) is 0 Å². The number of amidine groups is 1. The van der Waals surface area contributed by atoms with E-state index in [0.29, 0.717) is 11.6 Å². The minimum absolute atomic E-state index is 0.392. The third-order valence-electron chi connectivity index (χ3n) is 2.35. The van der Waals surface area contributed by atoms with Gasteiger partial charge in [0.25, 0.3) is 0 Å². The Labute approximate surface area is 99.6 Å². The molecule has 1 atom stereocenters. The van der Waals surface area contributed by atoms with Crippen molar-refractivity contribution in [3.8, 4) is 6.07 Å². The van der Waals surface area contributed by atoms with Gasteiger partial charge < -0.3 is 5.32 Å². The normalized spacial score (nSPS) is 19.8. The summed E-state index contributed by atoms with van der Waals surface area (Å²) >= 11 is 1.73. The van der Waals surface area contributed by atoms with Crippen molar-refractivity contribution in [3.63, 3.8) is 0 Å². The van der Waals surface area contributed by atoms with Gasteiger partial charge in [0, 0.05) is 11.4 Å². The Bertz CT molecular complexity index is 448. The van der Waals surface area contributed by atoms with Gasteiger partial charge in [-0.05, 0) is 31.5 Å². The van der Waals surface area contributed by atoms with Gasteiger partial charge in [-0.25, -0.2) is 0 Å². The van der Waals surface area contributed by atoms with Crippen LogP contribution < -0.4 is 5.32 Å². The summed E-state index contributed by atoms with van der Waals surface area (Å²) in [6.45, 7) is 2.12. The van der Waals surface area contributed by atoms with Crippen molar-refractivity contribution >= 4 is 22.6 Å². The molecule has 0 radical (unpaired) electrons. The zero-order valence-corrected chi connectivity index (χ0v) is 9.92. The van der Waals surface area contributed by atoms with Crippen LogP contribution in [0.2, 0.25) is 0 Å². The quantitative estimate of drug-likeness (QED) is 0.808. The molecule has 16 heavy (non-hydrogen) atoms. The number of aliphatic imine (C=N–C) groups is 1. The Hall–Kier alpha value is -1.47. The predicted octanol–water partition coefficient (Wildman–Crippen LogP) is 2.85. The number of hydrogen-bond donors (Lipinski definition) is 1. The molecule has 1 aliphatic rings. The average molecular weight is 231 g/mol. The van der Waals surface area contributed by atoms with E-state index < -0.39 is 0 Å². The van der Waals surface area contributed by atoms with Crippen molar-refractivity contribution in [2.24, 2.45) is 4.99 Å². The number of benzene rings is 1. The molecule has 0 amide bonds. The molecule has 3 nitrogen and oxygen atoms in total. The molecule has 1 unspecified atom stereocenters. The SMILES string of the molecule is CC1CCSC(Nc2cccc(C#N)c2)=N1. The summed E-state index contributed by atoms with van der Waals surface area (Å²) in [6, 6.07) is 9.97. The van der Waals surface area contributed by atoms with Crippen molar-refractivity contribution in [1.29, 1.82) is 5.26 Å². The van der Waals surface area contributed by atoms with Crippen LogP contribution in [0.5, 0.6) is 0 Å².